The summed E-state index contributed by atoms with van der Waals surface area (Å²) < 4.78 is 21.0. The van der Waals surface area contributed by atoms with Crippen LogP contribution in [0.1, 0.15) is 68.3 Å². The predicted molar refractivity (Wildman–Crippen MR) is 138 cm³/mol. The van der Waals surface area contributed by atoms with Crippen LogP contribution in [0.25, 0.3) is 0 Å². The number of carbonyl (C=O) groups is 4. The normalized spacial score (nSPS) is 14.6. The number of hydrogen-bond donors (Lipinski definition) is 1. The molecule has 10 heteroatoms. The molecule has 1 aromatic rings. The number of nitrogens with one attached hydrogen (secondary N) is 1. The molecule has 1 heterocycles. The Morgan fingerprint density at radius 2 is 1.92 bits per heavy atom. The third kappa shape index (κ3) is 9.78. The van der Waals surface area contributed by atoms with Crippen molar-refractivity contribution in [2.24, 2.45) is 0 Å². The number of anilines is 1. The highest BCUT2D eigenvalue weighted by molar-refractivity contribution is 6.03. The van der Waals surface area contributed by atoms with Crippen molar-refractivity contribution in [2.45, 2.75) is 65.3 Å². The van der Waals surface area contributed by atoms with Crippen molar-refractivity contribution in [3.05, 3.63) is 35.9 Å². The van der Waals surface area contributed by atoms with Gasteiger partial charge in [-0.15, -0.1) is 0 Å². The van der Waals surface area contributed by atoms with Crippen molar-refractivity contribution in [2.75, 3.05) is 38.3 Å². The molecule has 1 fully saturated rings. The van der Waals surface area contributed by atoms with Gasteiger partial charge in [-0.2, -0.15) is 0 Å². The van der Waals surface area contributed by atoms with E-state index in [0.29, 0.717) is 43.9 Å². The second kappa shape index (κ2) is 15.5. The lowest BCUT2D eigenvalue weighted by Gasteiger charge is -2.26. The van der Waals surface area contributed by atoms with E-state index in [1.54, 1.807) is 24.0 Å². The summed E-state index contributed by atoms with van der Waals surface area (Å²) in [7, 11) is 0. The van der Waals surface area contributed by atoms with E-state index in [-0.39, 0.29) is 36.8 Å². The highest BCUT2D eigenvalue weighted by Crippen LogP contribution is 2.31. The van der Waals surface area contributed by atoms with Gasteiger partial charge in [0.05, 0.1) is 30.5 Å². The van der Waals surface area contributed by atoms with E-state index in [4.69, 9.17) is 18.9 Å². The van der Waals surface area contributed by atoms with Gasteiger partial charge < -0.3 is 23.8 Å². The standard InChI is InChI=1S/C27H38N2O8/c1-5-14-36-27(33)28-23-17-24(35-15-9-7-8-12-25(31)34-6-2)19(3)16-22(23)26(32)29-13-10-11-21(29)18-37-20(4)30/h5,16-17,21H,1,6-15,18H2,2-4H3,(H,28,33)/t21-/m0/s1. The molecular weight excluding hydrogens is 480 g/mol. The molecule has 1 aliphatic rings. The minimum absolute atomic E-state index is 0.0206. The Labute approximate surface area is 218 Å². The molecule has 1 N–H and O–H groups in total. The number of rotatable bonds is 14. The van der Waals surface area contributed by atoms with Crippen LogP contribution < -0.4 is 10.1 Å². The molecule has 204 valence electrons. The van der Waals surface area contributed by atoms with Gasteiger partial charge in [0.15, 0.2) is 0 Å². The zero-order valence-electron chi connectivity index (χ0n) is 22.0. The highest BCUT2D eigenvalue weighted by atomic mass is 16.5. The van der Waals surface area contributed by atoms with Crippen LogP contribution in [0.2, 0.25) is 0 Å². The maximum atomic E-state index is 13.5. The topological polar surface area (TPSA) is 120 Å². The minimum atomic E-state index is -0.722. The van der Waals surface area contributed by atoms with Crippen LogP contribution in [-0.2, 0) is 23.8 Å². The van der Waals surface area contributed by atoms with Crippen LogP contribution in [0.4, 0.5) is 10.5 Å². The molecule has 2 amide bonds. The first-order valence-electron chi connectivity index (χ1n) is 12.7. The number of carbonyl (C=O) groups excluding carboxylic acids is 4. The van der Waals surface area contributed by atoms with Crippen molar-refractivity contribution in [1.82, 2.24) is 4.90 Å². The van der Waals surface area contributed by atoms with Crippen LogP contribution >= 0.6 is 0 Å². The molecule has 1 saturated heterocycles. The summed E-state index contributed by atoms with van der Waals surface area (Å²) in [4.78, 5) is 50.2. The van der Waals surface area contributed by atoms with Crippen LogP contribution in [0.3, 0.4) is 0 Å². The predicted octanol–water partition coefficient (Wildman–Crippen LogP) is 4.40. The van der Waals surface area contributed by atoms with Crippen molar-refractivity contribution in [1.29, 1.82) is 0 Å². The van der Waals surface area contributed by atoms with Gasteiger partial charge >= 0.3 is 18.0 Å². The van der Waals surface area contributed by atoms with E-state index in [1.165, 1.54) is 13.0 Å². The number of hydrogen-bond acceptors (Lipinski definition) is 8. The Kier molecular flexibility index (Phi) is 12.5. The number of unbranched alkanes of at least 4 members (excludes halogenated alkanes) is 2. The molecule has 2 rings (SSSR count). The second-order valence-electron chi connectivity index (χ2n) is 8.74. The Balaban J connectivity index is 2.13. The third-order valence-electron chi connectivity index (χ3n) is 5.82. The summed E-state index contributed by atoms with van der Waals surface area (Å²) in [5.74, 6) is -0.349. The Morgan fingerprint density at radius 1 is 1.14 bits per heavy atom. The molecule has 37 heavy (non-hydrogen) atoms. The van der Waals surface area contributed by atoms with Gasteiger partial charge in [0.1, 0.15) is 19.0 Å². The van der Waals surface area contributed by atoms with Crippen molar-refractivity contribution >= 4 is 29.6 Å². The monoisotopic (exact) mass is 518 g/mol. The van der Waals surface area contributed by atoms with E-state index in [2.05, 4.69) is 11.9 Å². The Bertz CT molecular complexity index is 962. The van der Waals surface area contributed by atoms with Gasteiger partial charge in [0.25, 0.3) is 5.91 Å². The summed E-state index contributed by atoms with van der Waals surface area (Å²) >= 11 is 0. The number of amides is 2. The lowest BCUT2D eigenvalue weighted by molar-refractivity contribution is -0.143. The van der Waals surface area contributed by atoms with E-state index in [9.17, 15) is 19.2 Å². The molecule has 0 radical (unpaired) electrons. The van der Waals surface area contributed by atoms with Crippen molar-refractivity contribution in [3.8, 4) is 5.75 Å². The maximum absolute atomic E-state index is 13.5. The Hall–Kier alpha value is -3.56. The molecule has 0 unspecified atom stereocenters. The van der Waals surface area contributed by atoms with E-state index in [0.717, 1.165) is 31.2 Å². The van der Waals surface area contributed by atoms with Gasteiger partial charge in [-0.3, -0.25) is 19.7 Å². The third-order valence-corrected chi connectivity index (χ3v) is 5.82. The SMILES string of the molecule is C=CCOC(=O)Nc1cc(OCCCCCC(=O)OCC)c(C)cc1C(=O)N1CCC[C@H]1COC(C)=O. The zero-order chi connectivity index (χ0) is 27.2. The summed E-state index contributed by atoms with van der Waals surface area (Å²) in [6, 6.07) is 3.07. The number of esters is 2. The number of likely N-dealkylation sites (tertiary alicyclic amines) is 1. The first kappa shape index (κ1) is 29.7. The van der Waals surface area contributed by atoms with Crippen molar-refractivity contribution in [3.63, 3.8) is 0 Å². The summed E-state index contributed by atoms with van der Waals surface area (Å²) in [5, 5.41) is 2.64. The summed E-state index contributed by atoms with van der Waals surface area (Å²) in [6.07, 6.45) is 4.85. The van der Waals surface area contributed by atoms with Gasteiger partial charge in [0.2, 0.25) is 0 Å². The molecule has 0 spiro atoms. The quantitative estimate of drug-likeness (QED) is 0.167. The van der Waals surface area contributed by atoms with E-state index in [1.807, 2.05) is 6.92 Å². The first-order chi connectivity index (χ1) is 17.8. The molecule has 0 saturated carbocycles. The summed E-state index contributed by atoms with van der Waals surface area (Å²) in [5.41, 5.74) is 1.29. The van der Waals surface area contributed by atoms with Crippen LogP contribution in [-0.4, -0.2) is 67.9 Å². The van der Waals surface area contributed by atoms with Crippen LogP contribution in [0.5, 0.6) is 5.75 Å². The summed E-state index contributed by atoms with van der Waals surface area (Å²) in [6.45, 7) is 9.92. The van der Waals surface area contributed by atoms with Gasteiger partial charge in [-0.1, -0.05) is 12.7 Å². The lowest BCUT2D eigenvalue weighted by atomic mass is 10.1. The lowest BCUT2D eigenvalue weighted by Crippen LogP contribution is -2.39. The molecule has 1 atom stereocenters. The van der Waals surface area contributed by atoms with E-state index >= 15 is 0 Å². The van der Waals surface area contributed by atoms with Gasteiger partial charge in [0, 0.05) is 26.0 Å². The van der Waals surface area contributed by atoms with Gasteiger partial charge in [-0.25, -0.2) is 4.79 Å². The number of aryl methyl sites for hydroxylation is 1. The molecule has 0 aliphatic carbocycles. The first-order valence-corrected chi connectivity index (χ1v) is 12.7. The molecule has 0 bridgehead atoms. The second-order valence-corrected chi connectivity index (χ2v) is 8.74. The molecule has 1 aromatic carbocycles. The highest BCUT2D eigenvalue weighted by Gasteiger charge is 2.32. The van der Waals surface area contributed by atoms with Crippen molar-refractivity contribution < 1.29 is 38.1 Å². The average molecular weight is 519 g/mol. The number of nitrogens with zero attached hydrogens (tertiary/aromatic N) is 1. The largest absolute Gasteiger partial charge is 0.493 e. The Morgan fingerprint density at radius 3 is 2.62 bits per heavy atom. The smallest absolute Gasteiger partial charge is 0.411 e. The fraction of sp³-hybridized carbons (Fsp3) is 0.556. The zero-order valence-corrected chi connectivity index (χ0v) is 22.0. The number of ether oxygens (including phenoxy) is 4. The fourth-order valence-corrected chi connectivity index (χ4v) is 4.01. The molecule has 0 aromatic heterocycles. The van der Waals surface area contributed by atoms with Crippen LogP contribution in [0, 0.1) is 6.92 Å². The number of benzene rings is 1. The van der Waals surface area contributed by atoms with E-state index < -0.39 is 12.1 Å². The molecule has 10 nitrogen and oxygen atoms in total. The molecular formula is C27H38N2O8. The van der Waals surface area contributed by atoms with Gasteiger partial charge in [-0.05, 0) is 57.6 Å². The minimum Gasteiger partial charge on any atom is -0.493 e. The fourth-order valence-electron chi connectivity index (χ4n) is 4.01. The molecule has 1 aliphatic heterocycles. The average Bonchev–Trinajstić information content (AvgIpc) is 3.33. The maximum Gasteiger partial charge on any atom is 0.411 e. The van der Waals surface area contributed by atoms with Crippen LogP contribution in [0.15, 0.2) is 24.8 Å².